The van der Waals surface area contributed by atoms with Gasteiger partial charge in [0.2, 0.25) is 0 Å². The molecular formula is C16H15F3N2OS2. The monoisotopic (exact) mass is 372 g/mol. The van der Waals surface area contributed by atoms with Gasteiger partial charge in [0.15, 0.2) is 0 Å². The Balaban J connectivity index is 2.47. The van der Waals surface area contributed by atoms with Crippen LogP contribution in [0.4, 0.5) is 13.2 Å². The molecule has 0 radical (unpaired) electrons. The van der Waals surface area contributed by atoms with Crippen molar-refractivity contribution < 1.29 is 17.4 Å². The Morgan fingerprint density at radius 2 is 2.17 bits per heavy atom. The third kappa shape index (κ3) is 3.99. The van der Waals surface area contributed by atoms with Crippen LogP contribution < -0.4 is 0 Å². The quantitative estimate of drug-likeness (QED) is 0.697. The minimum Gasteiger partial charge on any atom is -0.254 e. The number of hydrogen-bond acceptors (Lipinski definition) is 4. The number of hydrogen-bond donors (Lipinski definition) is 0. The van der Waals surface area contributed by atoms with Gasteiger partial charge in [-0.05, 0) is 19.1 Å². The molecular weight excluding hydrogens is 357 g/mol. The lowest BCUT2D eigenvalue weighted by Gasteiger charge is -2.06. The van der Waals surface area contributed by atoms with Crippen LogP contribution in [0.3, 0.4) is 0 Å². The van der Waals surface area contributed by atoms with E-state index in [0.29, 0.717) is 26.1 Å². The number of halogens is 3. The Bertz CT molecular complexity index is 851. The van der Waals surface area contributed by atoms with Gasteiger partial charge in [-0.2, -0.15) is 13.2 Å². The largest absolute Gasteiger partial charge is 0.417 e. The number of nitrogens with zero attached hydrogens (tertiary/aromatic N) is 2. The van der Waals surface area contributed by atoms with Crippen LogP contribution in [0.5, 0.6) is 0 Å². The molecule has 1 unspecified atom stereocenters. The van der Waals surface area contributed by atoms with Crippen LogP contribution in [0.1, 0.15) is 24.4 Å². The Morgan fingerprint density at radius 1 is 1.46 bits per heavy atom. The summed E-state index contributed by atoms with van der Waals surface area (Å²) in [5.74, 6) is 0.407. The minimum atomic E-state index is -4.47. The van der Waals surface area contributed by atoms with E-state index in [4.69, 9.17) is 0 Å². The highest BCUT2D eigenvalue weighted by molar-refractivity contribution is 7.89. The minimum absolute atomic E-state index is 0.152. The van der Waals surface area contributed by atoms with Crippen molar-refractivity contribution in [2.24, 2.45) is 0 Å². The smallest absolute Gasteiger partial charge is 0.254 e. The maximum Gasteiger partial charge on any atom is 0.417 e. The van der Waals surface area contributed by atoms with Crippen molar-refractivity contribution in [3.63, 3.8) is 0 Å². The van der Waals surface area contributed by atoms with E-state index in [9.17, 15) is 17.4 Å². The van der Waals surface area contributed by atoms with Gasteiger partial charge in [0.25, 0.3) is 0 Å². The van der Waals surface area contributed by atoms with E-state index in [2.05, 4.69) is 16.5 Å². The number of aromatic nitrogens is 2. The molecule has 24 heavy (non-hydrogen) atoms. The summed E-state index contributed by atoms with van der Waals surface area (Å²) in [6.45, 7) is 7.52. The molecule has 0 bridgehead atoms. The molecule has 2 rings (SSSR count). The van der Waals surface area contributed by atoms with E-state index in [0.717, 1.165) is 23.6 Å². The summed E-state index contributed by atoms with van der Waals surface area (Å²) < 4.78 is 50.5. The molecule has 0 saturated heterocycles. The third-order valence-corrected chi connectivity index (χ3v) is 5.51. The predicted molar refractivity (Wildman–Crippen MR) is 93.0 cm³/mol. The Hall–Kier alpha value is -1.80. The lowest BCUT2D eigenvalue weighted by atomic mass is 10.2. The van der Waals surface area contributed by atoms with Crippen molar-refractivity contribution in [1.82, 2.24) is 9.97 Å². The first-order valence-corrected chi connectivity index (χ1v) is 9.16. The predicted octanol–water partition coefficient (Wildman–Crippen LogP) is 4.95. The van der Waals surface area contributed by atoms with E-state index < -0.39 is 22.5 Å². The summed E-state index contributed by atoms with van der Waals surface area (Å²) in [7, 11) is -1.26. The van der Waals surface area contributed by atoms with Crippen LogP contribution in [0.2, 0.25) is 0 Å². The zero-order valence-electron chi connectivity index (χ0n) is 13.1. The number of rotatable bonds is 5. The van der Waals surface area contributed by atoms with Crippen LogP contribution in [0, 0.1) is 0 Å². The molecule has 8 heteroatoms. The molecule has 128 valence electrons. The molecule has 0 aromatic carbocycles. The van der Waals surface area contributed by atoms with Crippen molar-refractivity contribution in [3.8, 4) is 0 Å². The molecule has 1 atom stereocenters. The molecule has 3 nitrogen and oxygen atoms in total. The zero-order chi connectivity index (χ0) is 17.9. The highest BCUT2D eigenvalue weighted by Gasteiger charge is 2.31. The number of fused-ring (bicyclic) bond motifs is 1. The molecule has 2 aromatic heterocycles. The number of thiazole rings is 1. The Morgan fingerprint density at radius 3 is 2.75 bits per heavy atom. The fourth-order valence-corrected chi connectivity index (χ4v) is 3.72. The summed E-state index contributed by atoms with van der Waals surface area (Å²) >= 11 is 1.13. The maximum atomic E-state index is 12.8. The second kappa shape index (κ2) is 7.40. The maximum absolute atomic E-state index is 12.8. The summed E-state index contributed by atoms with van der Waals surface area (Å²) in [4.78, 5) is 8.90. The average Bonchev–Trinajstić information content (AvgIpc) is 2.96. The standard InChI is InChI=1S/C16H15F3N2OS2/c1-4-6-7-13(24(22)5-2)10(3)14-21-12-8-11(16(17,18)19)9-20-15(12)23-14/h4,6-9H,3,5H2,1-2H3/b6-4-,13-7+. The van der Waals surface area contributed by atoms with Crippen molar-refractivity contribution in [3.05, 3.63) is 52.5 Å². The molecule has 0 aliphatic carbocycles. The molecule has 2 aromatic rings. The summed E-state index contributed by atoms with van der Waals surface area (Å²) in [6.07, 6.45) is 1.52. The van der Waals surface area contributed by atoms with Crippen molar-refractivity contribution in [2.45, 2.75) is 20.0 Å². The SMILES string of the molecule is C=C(/C(=C\C=C/C)S(=O)CC)c1nc2cc(C(F)(F)F)cnc2s1. The molecule has 0 aliphatic heterocycles. The van der Waals surface area contributed by atoms with Gasteiger partial charge in [-0.15, -0.1) is 0 Å². The van der Waals surface area contributed by atoms with Gasteiger partial charge in [-0.3, -0.25) is 4.21 Å². The average molecular weight is 372 g/mol. The van der Waals surface area contributed by atoms with E-state index in [-0.39, 0.29) is 5.52 Å². The van der Waals surface area contributed by atoms with Crippen LogP contribution in [0.25, 0.3) is 15.9 Å². The van der Waals surface area contributed by atoms with Crippen LogP contribution in [-0.4, -0.2) is 19.9 Å². The first-order valence-electron chi connectivity index (χ1n) is 7.02. The summed E-state index contributed by atoms with van der Waals surface area (Å²) in [5, 5.41) is 0.411. The molecule has 0 saturated carbocycles. The van der Waals surface area contributed by atoms with E-state index in [1.807, 2.05) is 6.92 Å². The van der Waals surface area contributed by atoms with Crippen LogP contribution in [-0.2, 0) is 17.0 Å². The molecule has 0 aliphatic rings. The van der Waals surface area contributed by atoms with Gasteiger partial charge in [-0.1, -0.05) is 37.0 Å². The first kappa shape index (κ1) is 18.5. The topological polar surface area (TPSA) is 42.9 Å². The highest BCUT2D eigenvalue weighted by Crippen LogP contribution is 2.34. The van der Waals surface area contributed by atoms with Crippen molar-refractivity contribution in [2.75, 3.05) is 5.75 Å². The molecule has 0 fully saturated rings. The van der Waals surface area contributed by atoms with E-state index >= 15 is 0 Å². The third-order valence-electron chi connectivity index (χ3n) is 3.08. The number of allylic oxidation sites excluding steroid dienone is 4. The van der Waals surface area contributed by atoms with Gasteiger partial charge in [-0.25, -0.2) is 9.97 Å². The Labute approximate surface area is 144 Å². The van der Waals surface area contributed by atoms with Crippen LogP contribution >= 0.6 is 11.3 Å². The van der Waals surface area contributed by atoms with Crippen molar-refractivity contribution in [1.29, 1.82) is 0 Å². The fourth-order valence-electron chi connectivity index (χ4n) is 1.87. The fraction of sp³-hybridized carbons (Fsp3) is 0.250. The molecule has 0 amide bonds. The zero-order valence-corrected chi connectivity index (χ0v) is 14.7. The summed E-state index contributed by atoms with van der Waals surface area (Å²) in [6, 6.07) is 0.960. The normalized spacial score (nSPS) is 14.5. The lowest BCUT2D eigenvalue weighted by molar-refractivity contribution is -0.137. The Kier molecular flexibility index (Phi) is 5.71. The van der Waals surface area contributed by atoms with Gasteiger partial charge in [0, 0.05) is 22.4 Å². The van der Waals surface area contributed by atoms with E-state index in [1.54, 1.807) is 25.2 Å². The van der Waals surface area contributed by atoms with Crippen LogP contribution in [0.15, 0.2) is 42.0 Å². The van der Waals surface area contributed by atoms with Gasteiger partial charge in [0.05, 0.1) is 16.4 Å². The highest BCUT2D eigenvalue weighted by atomic mass is 32.2. The second-order valence-corrected chi connectivity index (χ2v) is 7.42. The van der Waals surface area contributed by atoms with E-state index in [1.165, 1.54) is 0 Å². The van der Waals surface area contributed by atoms with Gasteiger partial charge < -0.3 is 0 Å². The molecule has 0 spiro atoms. The van der Waals surface area contributed by atoms with Gasteiger partial charge >= 0.3 is 6.18 Å². The lowest BCUT2D eigenvalue weighted by Crippen LogP contribution is -2.04. The molecule has 2 heterocycles. The molecule has 0 N–H and O–H groups in total. The second-order valence-electron chi connectivity index (χ2n) is 4.73. The van der Waals surface area contributed by atoms with Gasteiger partial charge in [0.1, 0.15) is 15.4 Å². The number of alkyl halides is 3. The van der Waals surface area contributed by atoms with Crippen molar-refractivity contribution >= 4 is 38.1 Å². The summed E-state index contributed by atoms with van der Waals surface area (Å²) in [5.41, 5.74) is -0.261. The number of pyridine rings is 1. The first-order chi connectivity index (χ1) is 11.3.